The molecule has 2 aromatic carbocycles. The maximum atomic E-state index is 13.3. The number of anilines is 2. The average Bonchev–Trinajstić information content (AvgIpc) is 3.19. The van der Waals surface area contributed by atoms with E-state index in [1.807, 2.05) is 29.6 Å². The molecule has 28 heavy (non-hydrogen) atoms. The minimum absolute atomic E-state index is 0.137. The van der Waals surface area contributed by atoms with Crippen LogP contribution in [0.4, 0.5) is 15.8 Å². The first-order chi connectivity index (χ1) is 13.5. The van der Waals surface area contributed by atoms with E-state index in [2.05, 4.69) is 5.32 Å². The second-order valence-electron chi connectivity index (χ2n) is 6.12. The summed E-state index contributed by atoms with van der Waals surface area (Å²) in [6.45, 7) is 1.86. The maximum Gasteiger partial charge on any atom is 0.251 e. The Labute approximate surface area is 166 Å². The molecule has 0 radical (unpaired) electrons. The van der Waals surface area contributed by atoms with Crippen LogP contribution in [-0.2, 0) is 16.1 Å². The van der Waals surface area contributed by atoms with Gasteiger partial charge in [-0.2, -0.15) is 0 Å². The first-order valence-corrected chi connectivity index (χ1v) is 9.54. The fraction of sp³-hybridized carbons (Fsp3) is 0.0909. The predicted octanol–water partition coefficient (Wildman–Crippen LogP) is 5.09. The molecule has 0 atom stereocenters. The van der Waals surface area contributed by atoms with Crippen LogP contribution in [0.5, 0.6) is 0 Å². The van der Waals surface area contributed by atoms with E-state index in [1.165, 1.54) is 25.1 Å². The minimum atomic E-state index is -0.345. The van der Waals surface area contributed by atoms with Gasteiger partial charge < -0.3 is 10.2 Å². The molecular formula is C22H19FN2O2S. The fourth-order valence-electron chi connectivity index (χ4n) is 2.61. The van der Waals surface area contributed by atoms with Gasteiger partial charge in [0.1, 0.15) is 5.82 Å². The fourth-order valence-corrected chi connectivity index (χ4v) is 3.31. The van der Waals surface area contributed by atoms with Crippen molar-refractivity contribution in [2.75, 3.05) is 10.2 Å². The van der Waals surface area contributed by atoms with Gasteiger partial charge in [-0.15, -0.1) is 11.3 Å². The highest BCUT2D eigenvalue weighted by atomic mass is 32.1. The molecule has 0 saturated heterocycles. The number of rotatable bonds is 6. The molecule has 0 aliphatic carbocycles. The Kier molecular flexibility index (Phi) is 6.34. The zero-order valence-corrected chi connectivity index (χ0v) is 16.1. The monoisotopic (exact) mass is 394 g/mol. The minimum Gasteiger partial charge on any atom is -0.326 e. The van der Waals surface area contributed by atoms with Gasteiger partial charge in [0.25, 0.3) is 5.91 Å². The number of hydrogen-bond acceptors (Lipinski definition) is 3. The van der Waals surface area contributed by atoms with Gasteiger partial charge in [0, 0.05) is 29.3 Å². The highest BCUT2D eigenvalue weighted by molar-refractivity contribution is 7.09. The first kappa shape index (κ1) is 19.5. The number of hydrogen-bond donors (Lipinski definition) is 1. The molecule has 0 fully saturated rings. The summed E-state index contributed by atoms with van der Waals surface area (Å²) in [5.41, 5.74) is 2.16. The summed E-state index contributed by atoms with van der Waals surface area (Å²) in [7, 11) is 0. The van der Waals surface area contributed by atoms with E-state index in [1.54, 1.807) is 46.6 Å². The average molecular weight is 394 g/mol. The lowest BCUT2D eigenvalue weighted by atomic mass is 10.2. The zero-order valence-electron chi connectivity index (χ0n) is 15.3. The van der Waals surface area contributed by atoms with Crippen LogP contribution in [0.15, 0.2) is 72.1 Å². The molecular weight excluding hydrogens is 375 g/mol. The van der Waals surface area contributed by atoms with Crippen LogP contribution >= 0.6 is 11.3 Å². The Morgan fingerprint density at radius 1 is 1.07 bits per heavy atom. The van der Waals surface area contributed by atoms with Crippen molar-refractivity contribution in [3.05, 3.63) is 88.4 Å². The Hall–Kier alpha value is -3.25. The van der Waals surface area contributed by atoms with Gasteiger partial charge in [0.2, 0.25) is 5.91 Å². The van der Waals surface area contributed by atoms with Crippen molar-refractivity contribution in [2.45, 2.75) is 13.5 Å². The third kappa shape index (κ3) is 5.37. The van der Waals surface area contributed by atoms with Crippen molar-refractivity contribution in [3.63, 3.8) is 0 Å². The Balaban J connectivity index is 1.77. The standard InChI is InChI=1S/C22H19FN2O2S/c1-16(26)24-19-9-4-17(5-10-19)6-13-22(27)25(15-21-3-2-14-28-21)20-11-7-18(23)8-12-20/h2-14H,15H2,1H3,(H,24,26). The summed E-state index contributed by atoms with van der Waals surface area (Å²) < 4.78 is 13.3. The van der Waals surface area contributed by atoms with Crippen LogP contribution < -0.4 is 10.2 Å². The zero-order chi connectivity index (χ0) is 19.9. The molecule has 6 heteroatoms. The number of amides is 2. The van der Waals surface area contributed by atoms with E-state index < -0.39 is 0 Å². The number of carbonyl (C=O) groups is 2. The summed E-state index contributed by atoms with van der Waals surface area (Å²) >= 11 is 1.56. The lowest BCUT2D eigenvalue weighted by Gasteiger charge is -2.20. The summed E-state index contributed by atoms with van der Waals surface area (Å²) in [5, 5.41) is 4.65. The second kappa shape index (κ2) is 9.10. The lowest BCUT2D eigenvalue weighted by Crippen LogP contribution is -2.28. The molecule has 0 aliphatic heterocycles. The van der Waals surface area contributed by atoms with E-state index in [0.717, 1.165) is 10.4 Å². The molecule has 2 amide bonds. The second-order valence-corrected chi connectivity index (χ2v) is 7.15. The summed E-state index contributed by atoms with van der Waals surface area (Å²) in [6, 6.07) is 16.9. The van der Waals surface area contributed by atoms with Crippen LogP contribution in [0.25, 0.3) is 6.08 Å². The molecule has 0 aliphatic rings. The molecule has 0 unspecified atom stereocenters. The lowest BCUT2D eigenvalue weighted by molar-refractivity contribution is -0.115. The molecule has 0 spiro atoms. The summed E-state index contributed by atoms with van der Waals surface area (Å²) in [4.78, 5) is 26.5. The highest BCUT2D eigenvalue weighted by Gasteiger charge is 2.14. The van der Waals surface area contributed by atoms with Crippen molar-refractivity contribution >= 4 is 40.6 Å². The number of carbonyl (C=O) groups excluding carboxylic acids is 2. The molecule has 0 saturated carbocycles. The largest absolute Gasteiger partial charge is 0.326 e. The molecule has 1 heterocycles. The predicted molar refractivity (Wildman–Crippen MR) is 112 cm³/mol. The van der Waals surface area contributed by atoms with Gasteiger partial charge in [-0.05, 0) is 59.5 Å². The van der Waals surface area contributed by atoms with Gasteiger partial charge in [0.15, 0.2) is 0 Å². The van der Waals surface area contributed by atoms with Gasteiger partial charge in [-0.1, -0.05) is 18.2 Å². The van der Waals surface area contributed by atoms with Crippen molar-refractivity contribution in [2.24, 2.45) is 0 Å². The molecule has 4 nitrogen and oxygen atoms in total. The Bertz CT molecular complexity index is 965. The van der Waals surface area contributed by atoms with Crippen LogP contribution in [0.1, 0.15) is 17.4 Å². The van der Waals surface area contributed by atoms with Crippen molar-refractivity contribution in [1.29, 1.82) is 0 Å². The van der Waals surface area contributed by atoms with E-state index in [-0.39, 0.29) is 17.6 Å². The molecule has 1 aromatic heterocycles. The maximum absolute atomic E-state index is 13.3. The third-order valence-corrected chi connectivity index (χ3v) is 4.81. The smallest absolute Gasteiger partial charge is 0.251 e. The third-order valence-electron chi connectivity index (χ3n) is 3.95. The quantitative estimate of drug-likeness (QED) is 0.592. The van der Waals surface area contributed by atoms with Gasteiger partial charge in [-0.3, -0.25) is 9.59 Å². The Morgan fingerprint density at radius 3 is 2.39 bits per heavy atom. The number of nitrogens with one attached hydrogen (secondary N) is 1. The van der Waals surface area contributed by atoms with E-state index >= 15 is 0 Å². The van der Waals surface area contributed by atoms with Crippen LogP contribution in [0, 0.1) is 5.82 Å². The molecule has 1 N–H and O–H groups in total. The van der Waals surface area contributed by atoms with E-state index in [4.69, 9.17) is 0 Å². The molecule has 0 bridgehead atoms. The molecule has 142 valence electrons. The number of halogens is 1. The van der Waals surface area contributed by atoms with Gasteiger partial charge in [0.05, 0.1) is 6.54 Å². The van der Waals surface area contributed by atoms with Crippen molar-refractivity contribution in [1.82, 2.24) is 0 Å². The van der Waals surface area contributed by atoms with E-state index in [0.29, 0.717) is 17.9 Å². The number of benzene rings is 2. The molecule has 3 rings (SSSR count). The number of thiophene rings is 1. The summed E-state index contributed by atoms with van der Waals surface area (Å²) in [5.74, 6) is -0.685. The number of nitrogens with zero attached hydrogens (tertiary/aromatic N) is 1. The van der Waals surface area contributed by atoms with Crippen molar-refractivity contribution in [3.8, 4) is 0 Å². The van der Waals surface area contributed by atoms with Crippen molar-refractivity contribution < 1.29 is 14.0 Å². The van der Waals surface area contributed by atoms with Gasteiger partial charge in [-0.25, -0.2) is 4.39 Å². The normalized spacial score (nSPS) is 10.8. The van der Waals surface area contributed by atoms with Crippen LogP contribution in [0.3, 0.4) is 0 Å². The van der Waals surface area contributed by atoms with Crippen LogP contribution in [-0.4, -0.2) is 11.8 Å². The SMILES string of the molecule is CC(=O)Nc1ccc(C=CC(=O)N(Cc2cccs2)c2ccc(F)cc2)cc1. The van der Waals surface area contributed by atoms with Crippen LogP contribution in [0.2, 0.25) is 0 Å². The summed E-state index contributed by atoms with van der Waals surface area (Å²) in [6.07, 6.45) is 3.20. The van der Waals surface area contributed by atoms with E-state index in [9.17, 15) is 14.0 Å². The topological polar surface area (TPSA) is 49.4 Å². The Morgan fingerprint density at radius 2 is 1.79 bits per heavy atom. The van der Waals surface area contributed by atoms with Gasteiger partial charge >= 0.3 is 0 Å². The first-order valence-electron chi connectivity index (χ1n) is 8.66. The molecule has 3 aromatic rings. The highest BCUT2D eigenvalue weighted by Crippen LogP contribution is 2.21.